The first-order valence-electron chi connectivity index (χ1n) is 26.2. The van der Waals surface area contributed by atoms with Crippen molar-refractivity contribution in [1.82, 2.24) is 36.4 Å². The zero-order valence-electron chi connectivity index (χ0n) is 43.7. The van der Waals surface area contributed by atoms with E-state index in [0.29, 0.717) is 24.7 Å². The molecular weight excluding hydrogens is 981 g/mol. The number of carbonyl (C=O) groups is 7. The lowest BCUT2D eigenvalue weighted by Crippen LogP contribution is -2.64. The van der Waals surface area contributed by atoms with Crippen molar-refractivity contribution in [2.24, 2.45) is 22.7 Å². The van der Waals surface area contributed by atoms with E-state index in [1.54, 1.807) is 0 Å². The molecule has 4 rings (SSSR count). The normalized spacial score (nSPS) is 30.0. The summed E-state index contributed by atoms with van der Waals surface area (Å²) < 4.78 is 0. The highest BCUT2D eigenvalue weighted by molar-refractivity contribution is 5.98. The number of aliphatic hydroxyl groups is 8. The predicted molar refractivity (Wildman–Crippen MR) is 271 cm³/mol. The van der Waals surface area contributed by atoms with Gasteiger partial charge < -0.3 is 82.3 Å². The maximum Gasteiger partial charge on any atom is 0.248 e. The minimum absolute atomic E-state index is 0.0640. The number of hydrogen-bond acceptors (Lipinski definition) is 17. The van der Waals surface area contributed by atoms with Crippen LogP contribution in [0.1, 0.15) is 123 Å². The second-order valence-electron chi connectivity index (χ2n) is 20.9. The van der Waals surface area contributed by atoms with Crippen LogP contribution >= 0.6 is 0 Å². The third-order valence-corrected chi connectivity index (χ3v) is 14.6. The zero-order chi connectivity index (χ0) is 55.8. The second kappa shape index (κ2) is 29.3. The highest BCUT2D eigenvalue weighted by Gasteiger charge is 2.50. The van der Waals surface area contributed by atoms with Gasteiger partial charge in [0.1, 0.15) is 66.4 Å². The third kappa shape index (κ3) is 17.3. The summed E-state index contributed by atoms with van der Waals surface area (Å²) in [5, 5.41) is 111. The average molecular weight is 1060 g/mol. The summed E-state index contributed by atoms with van der Waals surface area (Å²) in [6.45, 7) is 11.0. The largest absolute Gasteiger partial charge is 0.508 e. The Kier molecular flexibility index (Phi) is 24.3. The summed E-state index contributed by atoms with van der Waals surface area (Å²) >= 11 is 0. The van der Waals surface area contributed by atoms with Crippen LogP contribution in [0.3, 0.4) is 0 Å². The van der Waals surface area contributed by atoms with Crippen molar-refractivity contribution in [1.29, 1.82) is 0 Å². The summed E-state index contributed by atoms with van der Waals surface area (Å²) in [6.07, 6.45) is -8.19. The van der Waals surface area contributed by atoms with Gasteiger partial charge in [0, 0.05) is 38.3 Å². The van der Waals surface area contributed by atoms with Crippen molar-refractivity contribution in [3.63, 3.8) is 0 Å². The number of nitrogens with zero attached hydrogens (tertiary/aromatic N) is 3. The number of nitrogens with one attached hydrogen (secondary N) is 5. The van der Waals surface area contributed by atoms with Gasteiger partial charge in [-0.05, 0) is 56.0 Å². The van der Waals surface area contributed by atoms with Crippen molar-refractivity contribution < 1.29 is 79.5 Å². The Labute approximate surface area is 437 Å². The maximum absolute atomic E-state index is 14.5. The number of rotatable bonds is 20. The van der Waals surface area contributed by atoms with Crippen molar-refractivity contribution in [3.05, 3.63) is 29.8 Å². The Morgan fingerprint density at radius 3 is 1.97 bits per heavy atom. The molecule has 7 amide bonds. The standard InChI is InChI=1S/C51H82N8O16/c1-7-26(2)20-27(3)14-12-10-8-9-11-13-15-37(65)53-33-22-35(63)47(71)57-49(73)41-42(66)28(4)24-59(41)51(75)39(36(64)23-52-6)55-48(72)40(44(68)43(67)30-16-18-31(61)19-17-30)56-46(70)34-21-32(62)25-58(34)50(74)38(29(5)60)54-45(33)69/h16-19,26-29,32-36,38-44,47,60-64,66-68,71H,6-15,20-25H2,1-5H3,(H,53,65)(H,54,69)(H,55,72)(H,56,70)(H,57,73)/t26-,27+,28-,29+,32+,33+,34-,35+,36+,38-,39-,40-,41-,42-,43-,44-,47+/m0/s1. The smallest absolute Gasteiger partial charge is 0.248 e. The van der Waals surface area contributed by atoms with Crippen molar-refractivity contribution in [2.45, 2.75) is 197 Å². The molecule has 1 aromatic rings. The molecule has 3 aliphatic rings. The summed E-state index contributed by atoms with van der Waals surface area (Å²) in [5.41, 5.74) is -0.0777. The molecule has 0 bridgehead atoms. The Bertz CT molecular complexity index is 2090. The van der Waals surface area contributed by atoms with Gasteiger partial charge in [-0.1, -0.05) is 84.8 Å². The topological polar surface area (TPSA) is 381 Å². The quantitative estimate of drug-likeness (QED) is 0.0484. The highest BCUT2D eigenvalue weighted by Crippen LogP contribution is 2.28. The molecule has 14 N–H and O–H groups in total. The first-order valence-corrected chi connectivity index (χ1v) is 26.2. The fourth-order valence-electron chi connectivity index (χ4n) is 9.92. The molecule has 0 unspecified atom stereocenters. The number of hydrogen-bond donors (Lipinski definition) is 14. The number of carbonyl (C=O) groups excluding carboxylic acids is 7. The van der Waals surface area contributed by atoms with Crippen LogP contribution in [-0.4, -0.2) is 203 Å². The van der Waals surface area contributed by atoms with E-state index in [1.807, 2.05) is 0 Å². The van der Waals surface area contributed by atoms with Gasteiger partial charge in [-0.25, -0.2) is 0 Å². The van der Waals surface area contributed by atoms with Crippen LogP contribution in [0.15, 0.2) is 29.3 Å². The molecule has 3 heterocycles. The SMILES string of the molecule is C=NC[C@@H](O)[C@@H]1NC(=O)[C@H]([C@H](O)[C@@H](O)c2ccc(O)cc2)NC(=O)[C@@H]2C[C@@H](O)CN2C(=O)[C@H]([C@@H](C)O)NC(=O)[C@H](NC(=O)CCCCCCCC[C@@H](C)C[C@@H](C)CC)C[C@@H](O)[C@@H](O)NC(=O)[C@@H]2[C@@H](O)[C@@H](C)CN2C1=O. The molecule has 24 heteroatoms. The molecule has 1 aromatic carbocycles. The number of aliphatic hydroxyl groups excluding tert-OH is 8. The molecule has 0 aliphatic carbocycles. The number of fused-ring (bicyclic) bond motifs is 2. The van der Waals surface area contributed by atoms with Gasteiger partial charge in [0.25, 0.3) is 0 Å². The molecule has 24 nitrogen and oxygen atoms in total. The van der Waals surface area contributed by atoms with E-state index in [0.717, 1.165) is 67.4 Å². The molecular formula is C51H82N8O16. The fraction of sp³-hybridized carbons (Fsp3) is 0.725. The molecule has 0 saturated carbocycles. The Morgan fingerprint density at radius 2 is 1.35 bits per heavy atom. The van der Waals surface area contributed by atoms with Gasteiger partial charge >= 0.3 is 0 Å². The monoisotopic (exact) mass is 1060 g/mol. The Balaban J connectivity index is 1.70. The summed E-state index contributed by atoms with van der Waals surface area (Å²) in [7, 11) is 0. The van der Waals surface area contributed by atoms with Crippen molar-refractivity contribution >= 4 is 48.1 Å². The molecule has 0 aromatic heterocycles. The van der Waals surface area contributed by atoms with Crippen LogP contribution in [0.25, 0.3) is 0 Å². The number of aromatic hydroxyl groups is 1. The second-order valence-corrected chi connectivity index (χ2v) is 20.9. The number of aliphatic imine (C=N–C) groups is 1. The van der Waals surface area contributed by atoms with Crippen LogP contribution in [0.5, 0.6) is 5.75 Å². The van der Waals surface area contributed by atoms with Gasteiger partial charge in [0.15, 0.2) is 6.23 Å². The lowest BCUT2D eigenvalue weighted by Gasteiger charge is -2.34. The van der Waals surface area contributed by atoms with Crippen LogP contribution < -0.4 is 26.6 Å². The number of amides is 7. The first-order chi connectivity index (χ1) is 35.4. The van der Waals surface area contributed by atoms with Gasteiger partial charge in [0.2, 0.25) is 41.4 Å². The number of phenols is 1. The molecule has 3 fully saturated rings. The molecule has 0 radical (unpaired) electrons. The summed E-state index contributed by atoms with van der Waals surface area (Å²) in [5.74, 6) is -7.84. The van der Waals surface area contributed by atoms with Gasteiger partial charge in [-0.2, -0.15) is 0 Å². The summed E-state index contributed by atoms with van der Waals surface area (Å²) in [4.78, 5) is 104. The molecule has 3 saturated heterocycles. The van der Waals surface area contributed by atoms with E-state index in [2.05, 4.69) is 59.1 Å². The average Bonchev–Trinajstić information content (AvgIpc) is 3.91. The van der Waals surface area contributed by atoms with Crippen LogP contribution in [0, 0.1) is 17.8 Å². The fourth-order valence-corrected chi connectivity index (χ4v) is 9.92. The zero-order valence-corrected chi connectivity index (χ0v) is 43.7. The Hall–Kier alpha value is -5.34. The van der Waals surface area contributed by atoms with E-state index in [4.69, 9.17) is 0 Å². The van der Waals surface area contributed by atoms with Gasteiger partial charge in [-0.15, -0.1) is 0 Å². The van der Waals surface area contributed by atoms with Crippen LogP contribution in [-0.2, 0) is 33.6 Å². The molecule has 0 spiro atoms. The molecule has 3 aliphatic heterocycles. The van der Waals surface area contributed by atoms with E-state index in [1.165, 1.54) is 25.5 Å². The van der Waals surface area contributed by atoms with E-state index >= 15 is 0 Å². The molecule has 17 atom stereocenters. The predicted octanol–water partition coefficient (Wildman–Crippen LogP) is -2.27. The number of phenolic OH excluding ortho intramolecular Hbond substituents is 1. The van der Waals surface area contributed by atoms with Gasteiger partial charge in [-0.3, -0.25) is 38.6 Å². The third-order valence-electron chi connectivity index (χ3n) is 14.6. The van der Waals surface area contributed by atoms with Crippen LogP contribution in [0.4, 0.5) is 0 Å². The van der Waals surface area contributed by atoms with Crippen LogP contribution in [0.2, 0.25) is 0 Å². The van der Waals surface area contributed by atoms with E-state index < -0.39 is 158 Å². The molecule has 75 heavy (non-hydrogen) atoms. The lowest BCUT2D eigenvalue weighted by molar-refractivity contribution is -0.148. The van der Waals surface area contributed by atoms with Crippen molar-refractivity contribution in [2.75, 3.05) is 19.6 Å². The minimum Gasteiger partial charge on any atom is -0.508 e. The van der Waals surface area contributed by atoms with E-state index in [9.17, 15) is 79.5 Å². The number of unbranched alkanes of at least 4 members (excludes halogenated alkanes) is 5. The maximum atomic E-state index is 14.5. The molecule has 422 valence electrons. The van der Waals surface area contributed by atoms with Gasteiger partial charge in [0.05, 0.1) is 24.9 Å². The lowest BCUT2D eigenvalue weighted by atomic mass is 9.91. The minimum atomic E-state index is -2.30. The van der Waals surface area contributed by atoms with Crippen molar-refractivity contribution in [3.8, 4) is 5.75 Å². The Morgan fingerprint density at radius 1 is 0.747 bits per heavy atom. The summed E-state index contributed by atoms with van der Waals surface area (Å²) in [6, 6.07) is -6.88. The first kappa shape index (κ1) is 62.2. The number of benzene rings is 1. The highest BCUT2D eigenvalue weighted by atomic mass is 16.3. The van der Waals surface area contributed by atoms with E-state index in [-0.39, 0.29) is 24.3 Å².